The summed E-state index contributed by atoms with van der Waals surface area (Å²) in [6.07, 6.45) is 5.22. The zero-order chi connectivity index (χ0) is 15.5. The summed E-state index contributed by atoms with van der Waals surface area (Å²) in [7, 11) is 0. The maximum absolute atomic E-state index is 13.0. The van der Waals surface area contributed by atoms with Gasteiger partial charge in [0.2, 0.25) is 5.91 Å². The van der Waals surface area contributed by atoms with Gasteiger partial charge in [0, 0.05) is 13.0 Å². The molecule has 0 bridgehead atoms. The monoisotopic (exact) mass is 305 g/mol. The molecule has 2 fully saturated rings. The van der Waals surface area contributed by atoms with E-state index in [0.717, 1.165) is 18.4 Å². The van der Waals surface area contributed by atoms with Crippen molar-refractivity contribution < 1.29 is 13.9 Å². The van der Waals surface area contributed by atoms with Gasteiger partial charge in [-0.15, -0.1) is 0 Å². The fourth-order valence-electron chi connectivity index (χ4n) is 3.69. The van der Waals surface area contributed by atoms with Crippen LogP contribution >= 0.6 is 0 Å². The highest BCUT2D eigenvalue weighted by atomic mass is 19.1. The number of nitrogens with zero attached hydrogens (tertiary/aromatic N) is 1. The van der Waals surface area contributed by atoms with E-state index < -0.39 is 0 Å². The van der Waals surface area contributed by atoms with Crippen LogP contribution in [0.25, 0.3) is 0 Å². The molecule has 0 spiro atoms. The van der Waals surface area contributed by atoms with Crippen LogP contribution in [-0.4, -0.2) is 36.1 Å². The van der Waals surface area contributed by atoms with Crippen molar-refractivity contribution in [3.05, 3.63) is 35.6 Å². The van der Waals surface area contributed by atoms with Gasteiger partial charge in [-0.2, -0.15) is 0 Å². The quantitative estimate of drug-likeness (QED) is 0.855. The summed E-state index contributed by atoms with van der Waals surface area (Å²) >= 11 is 0. The van der Waals surface area contributed by atoms with Gasteiger partial charge in [-0.05, 0) is 36.5 Å². The molecule has 0 radical (unpaired) electrons. The molecule has 1 aromatic rings. The van der Waals surface area contributed by atoms with Crippen molar-refractivity contribution in [3.8, 4) is 0 Å². The van der Waals surface area contributed by atoms with Gasteiger partial charge >= 0.3 is 0 Å². The predicted molar refractivity (Wildman–Crippen MR) is 83.1 cm³/mol. The van der Waals surface area contributed by atoms with Crippen LogP contribution < -0.4 is 0 Å². The van der Waals surface area contributed by atoms with Crippen molar-refractivity contribution in [1.82, 2.24) is 4.90 Å². The minimum absolute atomic E-state index is 0.109. The van der Waals surface area contributed by atoms with E-state index in [-0.39, 0.29) is 29.8 Å². The number of ether oxygens (including phenoxy) is 1. The van der Waals surface area contributed by atoms with Crippen LogP contribution in [0.5, 0.6) is 0 Å². The Hall–Kier alpha value is -1.42. The molecule has 1 saturated carbocycles. The zero-order valence-electron chi connectivity index (χ0n) is 13.1. The topological polar surface area (TPSA) is 29.5 Å². The van der Waals surface area contributed by atoms with Gasteiger partial charge in [0.1, 0.15) is 5.82 Å². The summed E-state index contributed by atoms with van der Waals surface area (Å²) in [5, 5.41) is 0. The van der Waals surface area contributed by atoms with Gasteiger partial charge < -0.3 is 9.64 Å². The number of carbonyl (C=O) groups is 1. The Kier molecular flexibility index (Phi) is 4.77. The molecular formula is C18H24FNO2. The van der Waals surface area contributed by atoms with Gasteiger partial charge in [-0.25, -0.2) is 4.39 Å². The van der Waals surface area contributed by atoms with Crippen LogP contribution in [0.1, 0.15) is 50.5 Å². The van der Waals surface area contributed by atoms with Crippen LogP contribution in [0.3, 0.4) is 0 Å². The molecule has 1 heterocycles. The van der Waals surface area contributed by atoms with E-state index >= 15 is 0 Å². The number of benzene rings is 1. The molecule has 1 aliphatic carbocycles. The molecule has 3 rings (SSSR count). The van der Waals surface area contributed by atoms with E-state index in [1.54, 1.807) is 12.1 Å². The van der Waals surface area contributed by atoms with Crippen LogP contribution in [0.2, 0.25) is 0 Å². The van der Waals surface area contributed by atoms with E-state index in [4.69, 9.17) is 4.74 Å². The lowest BCUT2D eigenvalue weighted by Gasteiger charge is -2.44. The Bertz CT molecular complexity index is 514. The second kappa shape index (κ2) is 6.78. The molecule has 1 saturated heterocycles. The largest absolute Gasteiger partial charge is 0.374 e. The first-order valence-corrected chi connectivity index (χ1v) is 8.31. The van der Waals surface area contributed by atoms with Crippen LogP contribution in [-0.2, 0) is 9.53 Å². The lowest BCUT2D eigenvalue weighted by Crippen LogP contribution is -2.55. The van der Waals surface area contributed by atoms with Crippen LogP contribution in [0.4, 0.5) is 4.39 Å². The van der Waals surface area contributed by atoms with Gasteiger partial charge in [-0.1, -0.05) is 31.9 Å². The summed E-state index contributed by atoms with van der Waals surface area (Å²) in [6, 6.07) is 6.73. The van der Waals surface area contributed by atoms with Crippen molar-refractivity contribution in [3.63, 3.8) is 0 Å². The number of fused-ring (bicyclic) bond motifs is 1. The molecule has 3 atom stereocenters. The third kappa shape index (κ3) is 3.32. The SMILES string of the molecule is CC(CC(=O)N1CCOC2CCCCC21)c1ccc(F)cc1. The minimum Gasteiger partial charge on any atom is -0.374 e. The van der Waals surface area contributed by atoms with Crippen molar-refractivity contribution >= 4 is 5.91 Å². The average molecular weight is 305 g/mol. The smallest absolute Gasteiger partial charge is 0.223 e. The molecule has 22 heavy (non-hydrogen) atoms. The van der Waals surface area contributed by atoms with E-state index in [2.05, 4.69) is 0 Å². The van der Waals surface area contributed by atoms with Crippen LogP contribution in [0.15, 0.2) is 24.3 Å². The Morgan fingerprint density at radius 1 is 1.32 bits per heavy atom. The molecule has 1 aliphatic heterocycles. The highest BCUT2D eigenvalue weighted by Crippen LogP contribution is 2.30. The maximum Gasteiger partial charge on any atom is 0.223 e. The number of rotatable bonds is 3. The molecule has 0 aromatic heterocycles. The van der Waals surface area contributed by atoms with Crippen molar-refractivity contribution in [2.45, 2.75) is 57.1 Å². The lowest BCUT2D eigenvalue weighted by molar-refractivity contribution is -0.149. The Labute approximate surface area is 131 Å². The maximum atomic E-state index is 13.0. The molecule has 2 aliphatic rings. The first kappa shape index (κ1) is 15.5. The summed E-state index contributed by atoms with van der Waals surface area (Å²) < 4.78 is 18.8. The fraction of sp³-hybridized carbons (Fsp3) is 0.611. The van der Waals surface area contributed by atoms with Gasteiger partial charge in [0.05, 0.1) is 18.8 Å². The Morgan fingerprint density at radius 3 is 2.82 bits per heavy atom. The van der Waals surface area contributed by atoms with Gasteiger partial charge in [-0.3, -0.25) is 4.79 Å². The van der Waals surface area contributed by atoms with Gasteiger partial charge in [0.15, 0.2) is 0 Å². The second-order valence-electron chi connectivity index (χ2n) is 6.50. The van der Waals surface area contributed by atoms with E-state index in [9.17, 15) is 9.18 Å². The number of hydrogen-bond donors (Lipinski definition) is 0. The third-order valence-electron chi connectivity index (χ3n) is 4.97. The van der Waals surface area contributed by atoms with E-state index in [1.165, 1.54) is 25.0 Å². The average Bonchev–Trinajstić information content (AvgIpc) is 2.54. The van der Waals surface area contributed by atoms with Gasteiger partial charge in [0.25, 0.3) is 0 Å². The normalized spacial score (nSPS) is 26.4. The summed E-state index contributed by atoms with van der Waals surface area (Å²) in [4.78, 5) is 14.7. The van der Waals surface area contributed by atoms with E-state index in [1.807, 2.05) is 11.8 Å². The highest BCUT2D eigenvalue weighted by molar-refractivity contribution is 5.77. The van der Waals surface area contributed by atoms with Crippen molar-refractivity contribution in [2.24, 2.45) is 0 Å². The molecule has 4 heteroatoms. The molecule has 120 valence electrons. The second-order valence-corrected chi connectivity index (χ2v) is 6.50. The number of amides is 1. The number of hydrogen-bond acceptors (Lipinski definition) is 2. The standard InChI is InChI=1S/C18H24FNO2/c1-13(14-6-8-15(19)9-7-14)12-18(21)20-10-11-22-17-5-3-2-4-16(17)20/h6-9,13,16-17H,2-5,10-12H2,1H3. The number of carbonyl (C=O) groups excluding carboxylic acids is 1. The highest BCUT2D eigenvalue weighted by Gasteiger charge is 2.36. The lowest BCUT2D eigenvalue weighted by atomic mass is 9.89. The first-order valence-electron chi connectivity index (χ1n) is 8.31. The molecule has 1 aromatic carbocycles. The summed E-state index contributed by atoms with van der Waals surface area (Å²) in [6.45, 7) is 3.39. The molecule has 3 unspecified atom stereocenters. The zero-order valence-corrected chi connectivity index (χ0v) is 13.1. The van der Waals surface area contributed by atoms with Crippen molar-refractivity contribution in [1.29, 1.82) is 0 Å². The Morgan fingerprint density at radius 2 is 2.05 bits per heavy atom. The molecule has 1 amide bonds. The summed E-state index contributed by atoms with van der Waals surface area (Å²) in [5.41, 5.74) is 1.02. The molecular weight excluding hydrogens is 281 g/mol. The minimum atomic E-state index is -0.236. The van der Waals surface area contributed by atoms with Crippen LogP contribution in [0, 0.1) is 5.82 Å². The molecule has 0 N–H and O–H groups in total. The fourth-order valence-corrected chi connectivity index (χ4v) is 3.69. The van der Waals surface area contributed by atoms with E-state index in [0.29, 0.717) is 19.6 Å². The number of morpholine rings is 1. The first-order chi connectivity index (χ1) is 10.6. The molecule has 3 nitrogen and oxygen atoms in total. The van der Waals surface area contributed by atoms with Crippen molar-refractivity contribution in [2.75, 3.05) is 13.2 Å². The summed E-state index contributed by atoms with van der Waals surface area (Å²) in [5.74, 6) is 0.0792. The number of halogens is 1. The predicted octanol–water partition coefficient (Wildman–Crippen LogP) is 3.49. The Balaban J connectivity index is 1.64. The third-order valence-corrected chi connectivity index (χ3v) is 4.97.